The molecule has 8 rings (SSSR count). The number of anilines is 1. The van der Waals surface area contributed by atoms with Crippen LogP contribution in [0.25, 0.3) is 33.7 Å². The highest BCUT2D eigenvalue weighted by Gasteiger charge is 2.50. The van der Waals surface area contributed by atoms with Crippen molar-refractivity contribution in [3.8, 4) is 22.6 Å². The number of benzene rings is 3. The summed E-state index contributed by atoms with van der Waals surface area (Å²) in [5.41, 5.74) is 6.13. The van der Waals surface area contributed by atoms with Crippen molar-refractivity contribution in [1.29, 1.82) is 0 Å². The molecular weight excluding hydrogens is 927 g/mol. The number of aromatic nitrogens is 6. The minimum atomic E-state index is -3.02. The van der Waals surface area contributed by atoms with Crippen LogP contribution in [-0.4, -0.2) is 101 Å². The van der Waals surface area contributed by atoms with Crippen molar-refractivity contribution in [3.05, 3.63) is 132 Å². The molecule has 5 heterocycles. The molecule has 0 radical (unpaired) electrons. The lowest BCUT2D eigenvalue weighted by Crippen LogP contribution is -2.66. The maximum atomic E-state index is 13.8. The van der Waals surface area contributed by atoms with Gasteiger partial charge in [0.2, 0.25) is 0 Å². The minimum Gasteiger partial charge on any atom is -0.465 e. The first-order valence-corrected chi connectivity index (χ1v) is 30.0. The molecule has 0 saturated carbocycles. The van der Waals surface area contributed by atoms with Gasteiger partial charge in [-0.05, 0) is 63.8 Å². The van der Waals surface area contributed by atoms with Crippen LogP contribution in [0.3, 0.4) is 0 Å². The monoisotopic (exact) mass is 993 g/mol. The van der Waals surface area contributed by atoms with Crippen LogP contribution in [0.5, 0.6) is 0 Å². The number of amides is 2. The minimum absolute atomic E-state index is 0.0978. The van der Waals surface area contributed by atoms with Gasteiger partial charge in [0, 0.05) is 57.2 Å². The number of fused-ring (bicyclic) bond motifs is 1. The third-order valence-corrected chi connectivity index (χ3v) is 19.9. The Morgan fingerprint density at radius 3 is 2.10 bits per heavy atom. The van der Waals surface area contributed by atoms with Gasteiger partial charge in [-0.1, -0.05) is 139 Å². The Hall–Kier alpha value is -6.54. The van der Waals surface area contributed by atoms with Gasteiger partial charge in [-0.3, -0.25) is 14.3 Å². The van der Waals surface area contributed by atoms with Crippen LogP contribution >= 0.6 is 0 Å². The average Bonchev–Trinajstić information content (AvgIpc) is 4.00. The fourth-order valence-electron chi connectivity index (χ4n) is 9.26. The Morgan fingerprint density at radius 1 is 0.845 bits per heavy atom. The molecule has 1 aliphatic heterocycles. The fourth-order valence-corrected chi connectivity index (χ4v) is 14.5. The second-order valence-electron chi connectivity index (χ2n) is 21.7. The molecule has 17 heteroatoms. The summed E-state index contributed by atoms with van der Waals surface area (Å²) in [6, 6.07) is 34.0. The van der Waals surface area contributed by atoms with Crippen molar-refractivity contribution in [2.24, 2.45) is 0 Å². The normalized spacial score (nSPS) is 14.2. The van der Waals surface area contributed by atoms with Gasteiger partial charge in [0.15, 0.2) is 5.82 Å². The first kappa shape index (κ1) is 50.8. The third-order valence-electron chi connectivity index (χ3n) is 13.2. The molecule has 7 aromatic rings. The number of rotatable bonds is 16. The number of nitrogens with zero attached hydrogens (tertiary/aromatic N) is 8. The van der Waals surface area contributed by atoms with Gasteiger partial charge in [0.1, 0.15) is 18.7 Å². The summed E-state index contributed by atoms with van der Waals surface area (Å²) in [7, 11) is -4.39. The Bertz CT molecular complexity index is 2920. The number of piperazine rings is 1. The van der Waals surface area contributed by atoms with Crippen LogP contribution < -0.4 is 20.6 Å². The lowest BCUT2D eigenvalue weighted by atomic mass is 9.96. The van der Waals surface area contributed by atoms with Gasteiger partial charge in [-0.2, -0.15) is 4.98 Å². The SMILES string of the molecule is C[C@@H](NC(=O)c1nc(C(C)(C)C)no1)c1ccc(-c2ncnc3c2cc(-c2ccc(N4CCN(C(=O)O)CC4)cn2)n3COCC[Si](C)(C)C)cc1CO[Si](c1ccccc1)(c1ccccc1)C(C)(C)C. The van der Waals surface area contributed by atoms with Gasteiger partial charge in [0.25, 0.3) is 8.32 Å². The molecule has 3 aromatic carbocycles. The smallest absolute Gasteiger partial charge is 0.407 e. The highest BCUT2D eigenvalue weighted by molar-refractivity contribution is 6.99. The van der Waals surface area contributed by atoms with E-state index < -0.39 is 39.8 Å². The Balaban J connectivity index is 1.21. The molecule has 0 aliphatic carbocycles. The molecule has 2 amide bonds. The zero-order chi connectivity index (χ0) is 50.7. The molecule has 71 heavy (non-hydrogen) atoms. The van der Waals surface area contributed by atoms with E-state index in [-0.39, 0.29) is 24.3 Å². The standard InChI is InChI=1S/C54H67N9O6Si2/c1-37(58-49(64)50-59-51(60-69-50)53(2,3)4)43-23-21-38(31-39(43)34-68-71(54(5,6)7,41-17-13-11-14-18-41)42-19-15-12-16-20-42)47-44-32-46(63(48(44)57-35-56-47)36-67-29-30-70(8,9)10)45-24-22-40(33-55-45)61-25-27-62(28-26-61)52(65)66/h11-24,31-33,35,37H,25-30,34,36H2,1-10H3,(H,58,64)(H,65,66)/t37-/m1/s1. The summed E-state index contributed by atoms with van der Waals surface area (Å²) in [6.07, 6.45) is 2.55. The van der Waals surface area contributed by atoms with Crippen molar-refractivity contribution in [1.82, 2.24) is 39.9 Å². The van der Waals surface area contributed by atoms with E-state index in [1.165, 1.54) is 4.90 Å². The number of carboxylic acid groups (broad SMARTS) is 1. The van der Waals surface area contributed by atoms with E-state index in [2.05, 4.69) is 126 Å². The van der Waals surface area contributed by atoms with Crippen molar-refractivity contribution < 1.29 is 28.4 Å². The number of carbonyl (C=O) groups excluding carboxylic acids is 1. The number of nitrogens with one attached hydrogen (secondary N) is 1. The van der Waals surface area contributed by atoms with E-state index in [0.717, 1.165) is 61.3 Å². The maximum Gasteiger partial charge on any atom is 0.407 e. The van der Waals surface area contributed by atoms with Gasteiger partial charge in [0.05, 0.1) is 41.6 Å². The predicted molar refractivity (Wildman–Crippen MR) is 283 cm³/mol. The second-order valence-corrected chi connectivity index (χ2v) is 31.6. The van der Waals surface area contributed by atoms with Crippen LogP contribution in [0, 0.1) is 0 Å². The highest BCUT2D eigenvalue weighted by Crippen LogP contribution is 2.39. The van der Waals surface area contributed by atoms with Crippen molar-refractivity contribution in [3.63, 3.8) is 0 Å². The molecule has 1 atom stereocenters. The molecule has 372 valence electrons. The van der Waals surface area contributed by atoms with Crippen LogP contribution in [0.2, 0.25) is 30.7 Å². The van der Waals surface area contributed by atoms with Crippen LogP contribution in [0.15, 0.2) is 114 Å². The molecule has 1 aliphatic rings. The molecule has 2 N–H and O–H groups in total. The van der Waals surface area contributed by atoms with Crippen molar-refractivity contribution in [2.45, 2.75) is 104 Å². The molecule has 1 fully saturated rings. The molecular formula is C54H67N9O6Si2. The second kappa shape index (κ2) is 20.7. The molecule has 15 nitrogen and oxygen atoms in total. The van der Waals surface area contributed by atoms with E-state index in [0.29, 0.717) is 44.3 Å². The van der Waals surface area contributed by atoms with Gasteiger partial charge in [-0.15, -0.1) is 0 Å². The summed E-state index contributed by atoms with van der Waals surface area (Å²) < 4.78 is 21.5. The van der Waals surface area contributed by atoms with E-state index >= 15 is 0 Å². The van der Waals surface area contributed by atoms with Gasteiger partial charge >= 0.3 is 17.9 Å². The fraction of sp³-hybridized carbons (Fsp3) is 0.389. The molecule has 0 spiro atoms. The lowest BCUT2D eigenvalue weighted by Gasteiger charge is -2.43. The number of ether oxygens (including phenoxy) is 1. The van der Waals surface area contributed by atoms with E-state index in [4.69, 9.17) is 28.6 Å². The number of carbonyl (C=O) groups is 2. The highest BCUT2D eigenvalue weighted by atomic mass is 28.4. The summed E-state index contributed by atoms with van der Waals surface area (Å²) in [5, 5.41) is 19.6. The van der Waals surface area contributed by atoms with Crippen molar-refractivity contribution in [2.75, 3.05) is 37.7 Å². The summed E-state index contributed by atoms with van der Waals surface area (Å²) >= 11 is 0. The number of pyridine rings is 1. The van der Waals surface area contributed by atoms with E-state index in [1.54, 1.807) is 6.33 Å². The quantitative estimate of drug-likeness (QED) is 0.0695. The van der Waals surface area contributed by atoms with Crippen LogP contribution in [0.1, 0.15) is 82.1 Å². The Morgan fingerprint density at radius 2 is 1.52 bits per heavy atom. The topological polar surface area (TPSA) is 174 Å². The average molecular weight is 994 g/mol. The largest absolute Gasteiger partial charge is 0.465 e. The molecule has 0 unspecified atom stereocenters. The first-order chi connectivity index (χ1) is 33.7. The zero-order valence-electron chi connectivity index (χ0n) is 42.7. The molecule has 4 aromatic heterocycles. The van der Waals surface area contributed by atoms with Gasteiger partial charge < -0.3 is 33.9 Å². The number of hydrogen-bond acceptors (Lipinski definition) is 11. The van der Waals surface area contributed by atoms with Crippen molar-refractivity contribution >= 4 is 55.5 Å². The van der Waals surface area contributed by atoms with E-state index in [1.807, 2.05) is 70.3 Å². The number of hydrogen-bond donors (Lipinski definition) is 2. The predicted octanol–water partition coefficient (Wildman–Crippen LogP) is 9.52. The zero-order valence-corrected chi connectivity index (χ0v) is 44.7. The molecule has 1 saturated heterocycles. The maximum absolute atomic E-state index is 13.8. The summed E-state index contributed by atoms with van der Waals surface area (Å²) in [4.78, 5) is 48.2. The lowest BCUT2D eigenvalue weighted by molar-refractivity contribution is 0.0894. The first-order valence-electron chi connectivity index (χ1n) is 24.4. The van der Waals surface area contributed by atoms with Crippen LogP contribution in [0.4, 0.5) is 10.5 Å². The van der Waals surface area contributed by atoms with E-state index in [9.17, 15) is 14.7 Å². The van der Waals surface area contributed by atoms with Gasteiger partial charge in [-0.25, -0.2) is 14.8 Å². The Kier molecular flexibility index (Phi) is 14.8. The summed E-state index contributed by atoms with van der Waals surface area (Å²) in [5.74, 6) is -0.116. The van der Waals surface area contributed by atoms with Crippen LogP contribution in [-0.2, 0) is 27.9 Å². The summed E-state index contributed by atoms with van der Waals surface area (Å²) in [6.45, 7) is 24.8. The molecule has 0 bridgehead atoms. The Labute approximate surface area is 418 Å². The third kappa shape index (κ3) is 11.2.